The normalized spacial score (nSPS) is 23.2. The number of ether oxygens (including phenoxy) is 2. The molecule has 1 saturated heterocycles. The summed E-state index contributed by atoms with van der Waals surface area (Å²) >= 11 is 0. The molecular weight excluding hydrogens is 365 g/mol. The lowest BCUT2D eigenvalue weighted by atomic mass is 10.1. The lowest BCUT2D eigenvalue weighted by Gasteiger charge is -2.35. The van der Waals surface area contributed by atoms with Gasteiger partial charge in [-0.1, -0.05) is 0 Å². The molecule has 0 unspecified atom stereocenters. The number of hydrogen-bond acceptors (Lipinski definition) is 7. The number of esters is 1. The Balaban J connectivity index is 2.12. The van der Waals surface area contributed by atoms with Crippen LogP contribution in [0.15, 0.2) is 34.5 Å². The Labute approximate surface area is 153 Å². The van der Waals surface area contributed by atoms with Crippen LogP contribution in [0.25, 0.3) is 0 Å². The molecule has 1 aromatic rings. The summed E-state index contributed by atoms with van der Waals surface area (Å²) in [5, 5.41) is 0. The molecule has 0 spiro atoms. The molecule has 0 amide bonds. The summed E-state index contributed by atoms with van der Waals surface area (Å²) in [5.74, 6) is -1.96. The number of amidine groups is 1. The predicted molar refractivity (Wildman–Crippen MR) is 90.1 cm³/mol. The Kier molecular flexibility index (Phi) is 5.33. The van der Waals surface area contributed by atoms with Crippen LogP contribution in [0.5, 0.6) is 0 Å². The van der Waals surface area contributed by atoms with Gasteiger partial charge in [0.05, 0.1) is 12.2 Å². The summed E-state index contributed by atoms with van der Waals surface area (Å²) in [7, 11) is 0. The number of halogens is 3. The Morgan fingerprint density at radius 2 is 2.04 bits per heavy atom. The molecule has 10 heteroatoms. The van der Waals surface area contributed by atoms with E-state index >= 15 is 0 Å². The number of carbonyl (C=O) groups is 1. The molecule has 1 fully saturated rings. The Bertz CT molecular complexity index is 746. The van der Waals surface area contributed by atoms with Gasteiger partial charge in [0.2, 0.25) is 5.90 Å². The van der Waals surface area contributed by atoms with Crippen molar-refractivity contribution in [3.8, 4) is 0 Å². The van der Waals surface area contributed by atoms with Crippen molar-refractivity contribution in [2.45, 2.75) is 38.0 Å². The minimum absolute atomic E-state index is 0.208. The highest BCUT2D eigenvalue weighted by atomic mass is 19.4. The van der Waals surface area contributed by atoms with Gasteiger partial charge in [-0.05, 0) is 38.3 Å². The van der Waals surface area contributed by atoms with Crippen molar-refractivity contribution in [1.29, 1.82) is 0 Å². The van der Waals surface area contributed by atoms with Gasteiger partial charge in [-0.25, -0.2) is 4.79 Å². The third-order valence-electron chi connectivity index (χ3n) is 4.20. The molecule has 7 nitrogen and oxygen atoms in total. The van der Waals surface area contributed by atoms with E-state index in [1.54, 1.807) is 4.90 Å². The van der Waals surface area contributed by atoms with Crippen molar-refractivity contribution in [3.05, 3.63) is 30.1 Å². The maximum Gasteiger partial charge on any atom is 0.446 e. The molecule has 2 aliphatic heterocycles. The monoisotopic (exact) mass is 384 g/mol. The van der Waals surface area contributed by atoms with E-state index in [9.17, 15) is 18.0 Å². The lowest BCUT2D eigenvalue weighted by Crippen LogP contribution is -2.55. The molecule has 0 bridgehead atoms. The maximum atomic E-state index is 14.0. The summed E-state index contributed by atoms with van der Waals surface area (Å²) in [6, 6.07) is 2.75. The molecular formula is C17H19F3N4O3. The summed E-state index contributed by atoms with van der Waals surface area (Å²) in [4.78, 5) is 25.0. The zero-order valence-corrected chi connectivity index (χ0v) is 14.7. The SMILES string of the molecule is CCOC(=O)[C@]1(C(F)(F)F)N=C(c2cccnc2)OC(N2CCCCC2)=N1. The average molecular weight is 384 g/mol. The number of nitrogens with zero attached hydrogens (tertiary/aromatic N) is 4. The second-order valence-corrected chi connectivity index (χ2v) is 6.09. The molecule has 0 aromatic carbocycles. The zero-order valence-electron chi connectivity index (χ0n) is 14.7. The van der Waals surface area contributed by atoms with Crippen molar-refractivity contribution in [1.82, 2.24) is 9.88 Å². The average Bonchev–Trinajstić information content (AvgIpc) is 2.68. The van der Waals surface area contributed by atoms with E-state index in [4.69, 9.17) is 4.74 Å². The fraction of sp³-hybridized carbons (Fsp3) is 0.529. The smallest absolute Gasteiger partial charge is 0.446 e. The highest BCUT2D eigenvalue weighted by Gasteiger charge is 2.65. The third kappa shape index (κ3) is 3.74. The van der Waals surface area contributed by atoms with Crippen LogP contribution in [0, 0.1) is 0 Å². The first kappa shape index (κ1) is 19.1. The van der Waals surface area contributed by atoms with E-state index in [2.05, 4.69) is 19.7 Å². The lowest BCUT2D eigenvalue weighted by molar-refractivity contribution is -0.204. The third-order valence-corrected chi connectivity index (χ3v) is 4.20. The second-order valence-electron chi connectivity index (χ2n) is 6.09. The van der Waals surface area contributed by atoms with E-state index in [1.165, 1.54) is 31.5 Å². The first-order chi connectivity index (χ1) is 12.9. The largest absolute Gasteiger partial charge is 0.462 e. The van der Waals surface area contributed by atoms with Crippen molar-refractivity contribution in [2.75, 3.05) is 19.7 Å². The van der Waals surface area contributed by atoms with Crippen LogP contribution in [0.3, 0.4) is 0 Å². The number of carbonyl (C=O) groups excluding carboxylic acids is 1. The van der Waals surface area contributed by atoms with E-state index in [1.807, 2.05) is 0 Å². The molecule has 2 aliphatic rings. The minimum Gasteiger partial charge on any atom is -0.462 e. The quantitative estimate of drug-likeness (QED) is 0.749. The number of aromatic nitrogens is 1. The minimum atomic E-state index is -5.10. The standard InChI is InChI=1S/C17H19F3N4O3/c1-2-26-14(25)16(17(18,19)20)22-13(12-7-6-8-21-11-12)27-15(23-16)24-9-4-3-5-10-24/h6-8,11H,2-5,9-10H2,1H3/t16-/m0/s1. The Hall–Kier alpha value is -2.65. The van der Waals surface area contributed by atoms with Gasteiger partial charge >= 0.3 is 17.8 Å². The first-order valence-corrected chi connectivity index (χ1v) is 8.64. The number of hydrogen-bond donors (Lipinski definition) is 0. The van der Waals surface area contributed by atoms with Crippen LogP contribution in [-0.2, 0) is 14.3 Å². The van der Waals surface area contributed by atoms with Crippen LogP contribution in [-0.4, -0.2) is 59.3 Å². The van der Waals surface area contributed by atoms with Gasteiger partial charge in [0, 0.05) is 25.5 Å². The first-order valence-electron chi connectivity index (χ1n) is 8.64. The number of alkyl halides is 3. The topological polar surface area (TPSA) is 76.4 Å². The molecule has 0 aliphatic carbocycles. The van der Waals surface area contributed by atoms with Gasteiger partial charge in [0.25, 0.3) is 6.02 Å². The second kappa shape index (κ2) is 7.53. The van der Waals surface area contributed by atoms with Crippen LogP contribution >= 0.6 is 0 Å². The highest BCUT2D eigenvalue weighted by Crippen LogP contribution is 2.39. The van der Waals surface area contributed by atoms with Crippen LogP contribution in [0.4, 0.5) is 13.2 Å². The molecule has 146 valence electrons. The molecule has 0 saturated carbocycles. The molecule has 1 atom stereocenters. The van der Waals surface area contributed by atoms with Crippen molar-refractivity contribution in [3.63, 3.8) is 0 Å². The highest BCUT2D eigenvalue weighted by molar-refractivity contribution is 6.05. The van der Waals surface area contributed by atoms with E-state index < -0.39 is 17.8 Å². The maximum absolute atomic E-state index is 14.0. The summed E-state index contributed by atoms with van der Waals surface area (Å²) < 4.78 is 52.2. The Morgan fingerprint density at radius 1 is 1.30 bits per heavy atom. The molecule has 3 rings (SSSR count). The summed E-state index contributed by atoms with van der Waals surface area (Å²) in [5.41, 5.74) is -3.20. The van der Waals surface area contributed by atoms with E-state index in [0.717, 1.165) is 19.3 Å². The van der Waals surface area contributed by atoms with E-state index in [0.29, 0.717) is 13.1 Å². The van der Waals surface area contributed by atoms with Gasteiger partial charge in [0.15, 0.2) is 0 Å². The van der Waals surface area contributed by atoms with Crippen LogP contribution < -0.4 is 0 Å². The fourth-order valence-electron chi connectivity index (χ4n) is 2.84. The van der Waals surface area contributed by atoms with Crippen LogP contribution in [0.2, 0.25) is 0 Å². The molecule has 3 heterocycles. The van der Waals surface area contributed by atoms with Crippen molar-refractivity contribution in [2.24, 2.45) is 9.98 Å². The van der Waals surface area contributed by atoms with Gasteiger partial charge < -0.3 is 14.4 Å². The number of rotatable bonds is 3. The Morgan fingerprint density at radius 3 is 2.63 bits per heavy atom. The van der Waals surface area contributed by atoms with Crippen LogP contribution in [0.1, 0.15) is 31.7 Å². The zero-order chi connectivity index (χ0) is 19.5. The van der Waals surface area contributed by atoms with Gasteiger partial charge in [-0.2, -0.15) is 23.2 Å². The molecule has 1 aromatic heterocycles. The number of pyridine rings is 1. The molecule has 0 N–H and O–H groups in total. The van der Waals surface area contributed by atoms with E-state index in [-0.39, 0.29) is 24.1 Å². The number of likely N-dealkylation sites (tertiary alicyclic amines) is 1. The molecule has 0 radical (unpaired) electrons. The number of aliphatic imine (C=N–C) groups is 2. The van der Waals surface area contributed by atoms with Gasteiger partial charge in [-0.15, -0.1) is 0 Å². The number of piperidine rings is 1. The van der Waals surface area contributed by atoms with Crippen molar-refractivity contribution >= 4 is 17.9 Å². The summed E-state index contributed by atoms with van der Waals surface area (Å²) in [6.07, 6.45) is 0.229. The van der Waals surface area contributed by atoms with Gasteiger partial charge in [-0.3, -0.25) is 4.98 Å². The van der Waals surface area contributed by atoms with Crippen molar-refractivity contribution < 1.29 is 27.4 Å². The predicted octanol–water partition coefficient (Wildman–Crippen LogP) is 2.52. The fourth-order valence-corrected chi connectivity index (χ4v) is 2.84. The summed E-state index contributed by atoms with van der Waals surface area (Å²) in [6.45, 7) is 2.15. The molecule has 27 heavy (non-hydrogen) atoms. The van der Waals surface area contributed by atoms with Gasteiger partial charge in [0.1, 0.15) is 0 Å².